The fourth-order valence-electron chi connectivity index (χ4n) is 4.20. The molecule has 2 aromatic carbocycles. The van der Waals surface area contributed by atoms with Gasteiger partial charge in [0.1, 0.15) is 12.6 Å². The molecule has 2 fully saturated rings. The number of imide groups is 1. The topological polar surface area (TPSA) is 81.8 Å². The highest BCUT2D eigenvalue weighted by Gasteiger charge is 2.47. The number of nitrogens with zero attached hydrogens (tertiary/aromatic N) is 2. The second-order valence-corrected chi connectivity index (χ2v) is 8.46. The number of fused-ring (bicyclic) bond motifs is 1. The summed E-state index contributed by atoms with van der Waals surface area (Å²) in [7, 11) is 0. The molecule has 4 rings (SSSR count). The van der Waals surface area contributed by atoms with Crippen LogP contribution in [0.1, 0.15) is 24.0 Å². The lowest BCUT2D eigenvalue weighted by molar-refractivity contribution is -0.138. The van der Waals surface area contributed by atoms with Crippen LogP contribution in [-0.4, -0.2) is 52.8 Å². The van der Waals surface area contributed by atoms with E-state index in [4.69, 9.17) is 11.6 Å². The van der Waals surface area contributed by atoms with Gasteiger partial charge in [0.15, 0.2) is 0 Å². The van der Waals surface area contributed by atoms with E-state index in [-0.39, 0.29) is 30.9 Å². The lowest BCUT2D eigenvalue weighted by Crippen LogP contribution is -2.70. The molecule has 2 N–H and O–H groups in total. The highest BCUT2D eigenvalue weighted by molar-refractivity contribution is 6.30. The van der Waals surface area contributed by atoms with Crippen molar-refractivity contribution in [2.45, 2.75) is 38.4 Å². The van der Waals surface area contributed by atoms with Crippen LogP contribution in [0, 0.1) is 6.92 Å². The Labute approximate surface area is 186 Å². The van der Waals surface area contributed by atoms with E-state index in [1.165, 1.54) is 9.80 Å². The molecule has 2 unspecified atom stereocenters. The Kier molecular flexibility index (Phi) is 6.25. The molecule has 4 amide bonds. The Balaban J connectivity index is 1.54. The normalized spacial score (nSPS) is 21.1. The number of piperidine rings is 1. The molecule has 0 aromatic heterocycles. The Morgan fingerprint density at radius 2 is 1.97 bits per heavy atom. The SMILES string of the molecule is Cc1cccc(NC(=O)CN2C(=O)N(Cc3ccc(Cl)cc3)C(=O)C3NCCCC32)c1. The zero-order valence-electron chi connectivity index (χ0n) is 17.3. The van der Waals surface area contributed by atoms with Crippen molar-refractivity contribution in [1.82, 2.24) is 15.1 Å². The summed E-state index contributed by atoms with van der Waals surface area (Å²) in [5.41, 5.74) is 2.51. The summed E-state index contributed by atoms with van der Waals surface area (Å²) in [5, 5.41) is 6.68. The number of amides is 4. The van der Waals surface area contributed by atoms with Crippen LogP contribution in [-0.2, 0) is 16.1 Å². The third-order valence-corrected chi connectivity index (χ3v) is 5.96. The molecule has 0 radical (unpaired) electrons. The predicted molar refractivity (Wildman–Crippen MR) is 119 cm³/mol. The zero-order chi connectivity index (χ0) is 22.0. The van der Waals surface area contributed by atoms with Gasteiger partial charge in [0.25, 0.3) is 0 Å². The van der Waals surface area contributed by atoms with Crippen LogP contribution >= 0.6 is 11.6 Å². The molecule has 8 heteroatoms. The number of carbonyl (C=O) groups excluding carboxylic acids is 3. The molecule has 0 spiro atoms. The molecular weight excluding hydrogens is 416 g/mol. The van der Waals surface area contributed by atoms with Crippen molar-refractivity contribution in [1.29, 1.82) is 0 Å². The molecule has 2 heterocycles. The molecule has 2 saturated heterocycles. The average Bonchev–Trinajstić information content (AvgIpc) is 2.75. The molecule has 0 saturated carbocycles. The van der Waals surface area contributed by atoms with Gasteiger partial charge in [-0.25, -0.2) is 4.79 Å². The number of benzene rings is 2. The second-order valence-electron chi connectivity index (χ2n) is 8.02. The Hall–Kier alpha value is -2.90. The van der Waals surface area contributed by atoms with Crippen LogP contribution in [0.15, 0.2) is 48.5 Å². The van der Waals surface area contributed by atoms with Gasteiger partial charge in [-0.2, -0.15) is 0 Å². The van der Waals surface area contributed by atoms with Crippen molar-refractivity contribution >= 4 is 35.1 Å². The molecule has 2 atom stereocenters. The van der Waals surface area contributed by atoms with Crippen molar-refractivity contribution in [3.8, 4) is 0 Å². The summed E-state index contributed by atoms with van der Waals surface area (Å²) in [6.45, 7) is 2.68. The van der Waals surface area contributed by atoms with E-state index in [9.17, 15) is 14.4 Å². The monoisotopic (exact) mass is 440 g/mol. The number of hydrogen-bond donors (Lipinski definition) is 2. The molecule has 31 heavy (non-hydrogen) atoms. The lowest BCUT2D eigenvalue weighted by Gasteiger charge is -2.46. The molecule has 7 nitrogen and oxygen atoms in total. The van der Waals surface area contributed by atoms with Gasteiger partial charge in [-0.1, -0.05) is 35.9 Å². The van der Waals surface area contributed by atoms with Crippen LogP contribution in [0.2, 0.25) is 5.02 Å². The van der Waals surface area contributed by atoms with Crippen LogP contribution < -0.4 is 10.6 Å². The minimum atomic E-state index is -0.509. The Morgan fingerprint density at radius 3 is 2.71 bits per heavy atom. The summed E-state index contributed by atoms with van der Waals surface area (Å²) in [5.74, 6) is -0.538. The predicted octanol–water partition coefficient (Wildman–Crippen LogP) is 3.17. The largest absolute Gasteiger partial charge is 0.327 e. The van der Waals surface area contributed by atoms with Crippen LogP contribution in [0.3, 0.4) is 0 Å². The van der Waals surface area contributed by atoms with Gasteiger partial charge in [-0.15, -0.1) is 0 Å². The van der Waals surface area contributed by atoms with Gasteiger partial charge in [-0.3, -0.25) is 14.5 Å². The Bertz CT molecular complexity index is 995. The van der Waals surface area contributed by atoms with Gasteiger partial charge in [-0.05, 0) is 61.7 Å². The van der Waals surface area contributed by atoms with E-state index in [1.807, 2.05) is 31.2 Å². The van der Waals surface area contributed by atoms with E-state index in [2.05, 4.69) is 10.6 Å². The first-order valence-corrected chi connectivity index (χ1v) is 10.8. The third-order valence-electron chi connectivity index (χ3n) is 5.70. The maximum atomic E-state index is 13.3. The van der Waals surface area contributed by atoms with E-state index in [0.717, 1.165) is 17.5 Å². The highest BCUT2D eigenvalue weighted by Crippen LogP contribution is 2.26. The summed E-state index contributed by atoms with van der Waals surface area (Å²) >= 11 is 5.95. The van der Waals surface area contributed by atoms with Gasteiger partial charge < -0.3 is 15.5 Å². The number of nitrogens with one attached hydrogen (secondary N) is 2. The summed E-state index contributed by atoms with van der Waals surface area (Å²) in [6, 6.07) is 13.2. The quantitative estimate of drug-likeness (QED) is 0.748. The summed E-state index contributed by atoms with van der Waals surface area (Å²) < 4.78 is 0. The van der Waals surface area contributed by atoms with Crippen LogP contribution in [0.4, 0.5) is 10.5 Å². The smallest absolute Gasteiger partial charge is 0.325 e. The Morgan fingerprint density at radius 1 is 1.19 bits per heavy atom. The van der Waals surface area contributed by atoms with Crippen molar-refractivity contribution < 1.29 is 14.4 Å². The average molecular weight is 441 g/mol. The first-order valence-electron chi connectivity index (χ1n) is 10.4. The van der Waals surface area contributed by atoms with E-state index < -0.39 is 12.1 Å². The number of carbonyl (C=O) groups is 3. The fraction of sp³-hybridized carbons (Fsp3) is 0.348. The maximum absolute atomic E-state index is 13.3. The molecule has 2 aromatic rings. The van der Waals surface area contributed by atoms with Gasteiger partial charge in [0.05, 0.1) is 12.6 Å². The van der Waals surface area contributed by atoms with Crippen LogP contribution in [0.5, 0.6) is 0 Å². The zero-order valence-corrected chi connectivity index (χ0v) is 18.1. The highest BCUT2D eigenvalue weighted by atomic mass is 35.5. The minimum absolute atomic E-state index is 0.111. The molecule has 2 aliphatic heterocycles. The van der Waals surface area contributed by atoms with Crippen LogP contribution in [0.25, 0.3) is 0 Å². The maximum Gasteiger partial charge on any atom is 0.327 e. The van der Waals surface area contributed by atoms with E-state index >= 15 is 0 Å². The van der Waals surface area contributed by atoms with Gasteiger partial charge >= 0.3 is 6.03 Å². The van der Waals surface area contributed by atoms with E-state index in [1.54, 1.807) is 24.3 Å². The number of rotatable bonds is 5. The summed E-state index contributed by atoms with van der Waals surface area (Å²) in [4.78, 5) is 41.9. The molecular formula is C23H25ClN4O3. The van der Waals surface area contributed by atoms with Crippen molar-refractivity contribution in [2.24, 2.45) is 0 Å². The lowest BCUT2D eigenvalue weighted by atomic mass is 9.93. The number of aryl methyl sites for hydroxylation is 1. The fourth-order valence-corrected chi connectivity index (χ4v) is 4.33. The first kappa shape index (κ1) is 21.3. The standard InChI is InChI=1S/C23H25ClN4O3/c1-15-4-2-5-18(12-15)26-20(29)14-27-19-6-3-11-25-21(19)22(30)28(23(27)31)13-16-7-9-17(24)10-8-16/h2,4-5,7-10,12,19,21,25H,3,6,11,13-14H2,1H3,(H,26,29). The number of anilines is 1. The molecule has 2 aliphatic rings. The number of hydrogen-bond acceptors (Lipinski definition) is 4. The molecule has 0 aliphatic carbocycles. The summed E-state index contributed by atoms with van der Waals surface area (Å²) in [6.07, 6.45) is 1.52. The van der Waals surface area contributed by atoms with Gasteiger partial charge in [0.2, 0.25) is 11.8 Å². The molecule has 162 valence electrons. The molecule has 0 bridgehead atoms. The van der Waals surface area contributed by atoms with Crippen molar-refractivity contribution in [3.63, 3.8) is 0 Å². The second kappa shape index (κ2) is 9.08. The van der Waals surface area contributed by atoms with Crippen molar-refractivity contribution in [3.05, 3.63) is 64.7 Å². The van der Waals surface area contributed by atoms with E-state index in [0.29, 0.717) is 23.7 Å². The minimum Gasteiger partial charge on any atom is -0.325 e. The number of halogens is 1. The van der Waals surface area contributed by atoms with Gasteiger partial charge in [0, 0.05) is 10.7 Å². The third kappa shape index (κ3) is 4.73. The van der Waals surface area contributed by atoms with Crippen molar-refractivity contribution in [2.75, 3.05) is 18.4 Å². The number of urea groups is 1. The first-order chi connectivity index (χ1) is 14.9.